The second kappa shape index (κ2) is 5.14. The molecule has 0 atom stereocenters. The van der Waals surface area contributed by atoms with Crippen molar-refractivity contribution in [2.45, 2.75) is 12.8 Å². The Hall–Kier alpha value is -1.06. The van der Waals surface area contributed by atoms with Gasteiger partial charge in [-0.1, -0.05) is 23.2 Å². The van der Waals surface area contributed by atoms with E-state index in [4.69, 9.17) is 23.2 Å². The van der Waals surface area contributed by atoms with Crippen LogP contribution in [0.4, 0.5) is 0 Å². The molecule has 1 aromatic rings. The number of carbonyl (C=O) groups excluding carboxylic acids is 2. The van der Waals surface area contributed by atoms with Crippen molar-refractivity contribution in [3.05, 3.63) is 33.8 Å². The SMILES string of the molecule is O=C([O-])CCC(=O)c1ccc(Cl)c(Cl)c1. The van der Waals surface area contributed by atoms with Crippen molar-refractivity contribution in [3.63, 3.8) is 0 Å². The van der Waals surface area contributed by atoms with Gasteiger partial charge >= 0.3 is 0 Å². The number of halogens is 2. The number of aliphatic carboxylic acids is 1. The molecule has 0 radical (unpaired) electrons. The first-order valence-electron chi connectivity index (χ1n) is 4.19. The smallest absolute Gasteiger partial charge is 0.163 e. The Balaban J connectivity index is 2.74. The fraction of sp³-hybridized carbons (Fsp3) is 0.200. The summed E-state index contributed by atoms with van der Waals surface area (Å²) in [5.41, 5.74) is 0.352. The van der Waals surface area contributed by atoms with E-state index in [1.54, 1.807) is 0 Å². The van der Waals surface area contributed by atoms with Crippen LogP contribution in [0.15, 0.2) is 18.2 Å². The summed E-state index contributed by atoms with van der Waals surface area (Å²) in [7, 11) is 0. The average Bonchev–Trinajstić information content (AvgIpc) is 2.18. The molecule has 0 heterocycles. The lowest BCUT2D eigenvalue weighted by molar-refractivity contribution is -0.305. The van der Waals surface area contributed by atoms with Crippen molar-refractivity contribution in [1.82, 2.24) is 0 Å². The molecule has 0 fully saturated rings. The van der Waals surface area contributed by atoms with Gasteiger partial charge in [-0.15, -0.1) is 0 Å². The highest BCUT2D eigenvalue weighted by atomic mass is 35.5. The van der Waals surface area contributed by atoms with Gasteiger partial charge < -0.3 is 9.90 Å². The topological polar surface area (TPSA) is 57.2 Å². The maximum Gasteiger partial charge on any atom is 0.163 e. The van der Waals surface area contributed by atoms with Crippen LogP contribution in [0, 0.1) is 0 Å². The Kier molecular flexibility index (Phi) is 4.12. The molecular formula is C10H7Cl2O3-. The lowest BCUT2D eigenvalue weighted by Gasteiger charge is -2.03. The van der Waals surface area contributed by atoms with Gasteiger partial charge in [0.05, 0.1) is 10.0 Å². The van der Waals surface area contributed by atoms with Crippen LogP contribution in [0.5, 0.6) is 0 Å². The minimum atomic E-state index is -1.25. The number of benzene rings is 1. The lowest BCUT2D eigenvalue weighted by atomic mass is 10.1. The van der Waals surface area contributed by atoms with E-state index >= 15 is 0 Å². The number of rotatable bonds is 4. The second-order valence-corrected chi connectivity index (χ2v) is 3.74. The molecule has 80 valence electrons. The molecule has 1 rings (SSSR count). The monoisotopic (exact) mass is 245 g/mol. The Bertz CT molecular complexity index is 402. The summed E-state index contributed by atoms with van der Waals surface area (Å²) in [4.78, 5) is 21.6. The maximum absolute atomic E-state index is 11.4. The molecule has 5 heteroatoms. The van der Waals surface area contributed by atoms with E-state index in [1.165, 1.54) is 18.2 Å². The van der Waals surface area contributed by atoms with Gasteiger partial charge in [-0.05, 0) is 24.6 Å². The predicted molar refractivity (Wildman–Crippen MR) is 55.0 cm³/mol. The molecule has 0 saturated heterocycles. The standard InChI is InChI=1S/C10H8Cl2O3/c11-7-2-1-6(5-8(7)12)9(13)3-4-10(14)15/h1-2,5H,3-4H2,(H,14,15)/p-1. The molecule has 15 heavy (non-hydrogen) atoms. The molecule has 0 amide bonds. The molecule has 0 aromatic heterocycles. The Morgan fingerprint density at radius 1 is 1.13 bits per heavy atom. The molecule has 0 N–H and O–H groups in total. The number of ketones is 1. The van der Waals surface area contributed by atoms with Crippen LogP contribution in [0.3, 0.4) is 0 Å². The first kappa shape index (κ1) is 12.0. The van der Waals surface area contributed by atoms with Crippen LogP contribution >= 0.6 is 23.2 Å². The van der Waals surface area contributed by atoms with Gasteiger partial charge in [0, 0.05) is 18.0 Å². The minimum Gasteiger partial charge on any atom is -0.550 e. The highest BCUT2D eigenvalue weighted by molar-refractivity contribution is 6.42. The summed E-state index contributed by atoms with van der Waals surface area (Å²) in [6.07, 6.45) is -0.390. The minimum absolute atomic E-state index is 0.0969. The van der Waals surface area contributed by atoms with Gasteiger partial charge in [0.25, 0.3) is 0 Å². The lowest BCUT2D eigenvalue weighted by Crippen LogP contribution is -2.22. The van der Waals surface area contributed by atoms with Crippen LogP contribution in [0.1, 0.15) is 23.2 Å². The third-order valence-corrected chi connectivity index (χ3v) is 2.54. The Morgan fingerprint density at radius 3 is 2.33 bits per heavy atom. The highest BCUT2D eigenvalue weighted by Crippen LogP contribution is 2.23. The molecule has 0 aliphatic rings. The van der Waals surface area contributed by atoms with Gasteiger partial charge in [-0.25, -0.2) is 0 Å². The van der Waals surface area contributed by atoms with Crippen LogP contribution < -0.4 is 5.11 Å². The summed E-state index contributed by atoms with van der Waals surface area (Å²) in [6, 6.07) is 4.42. The molecule has 0 aliphatic heterocycles. The van der Waals surface area contributed by atoms with Crippen LogP contribution in [-0.2, 0) is 4.79 Å². The number of carboxylic acids is 1. The van der Waals surface area contributed by atoms with Crippen molar-refractivity contribution in [2.24, 2.45) is 0 Å². The second-order valence-electron chi connectivity index (χ2n) is 2.92. The number of Topliss-reactive ketones (excluding diaryl/α,β-unsaturated/α-hetero) is 1. The third kappa shape index (κ3) is 3.53. The fourth-order valence-electron chi connectivity index (χ4n) is 1.03. The summed E-state index contributed by atoms with van der Waals surface area (Å²) in [6.45, 7) is 0. The molecular weight excluding hydrogens is 239 g/mol. The quantitative estimate of drug-likeness (QED) is 0.760. The number of hydrogen-bond acceptors (Lipinski definition) is 3. The van der Waals surface area contributed by atoms with E-state index in [1.807, 2.05) is 0 Å². The first-order chi connectivity index (χ1) is 7.00. The fourth-order valence-corrected chi connectivity index (χ4v) is 1.33. The molecule has 0 bridgehead atoms. The zero-order valence-electron chi connectivity index (χ0n) is 7.63. The van der Waals surface area contributed by atoms with Gasteiger partial charge in [0.2, 0.25) is 0 Å². The van der Waals surface area contributed by atoms with E-state index in [2.05, 4.69) is 0 Å². The Morgan fingerprint density at radius 2 is 1.80 bits per heavy atom. The van der Waals surface area contributed by atoms with Crippen LogP contribution in [0.2, 0.25) is 10.0 Å². The Labute approximate surface area is 96.6 Å². The maximum atomic E-state index is 11.4. The van der Waals surface area contributed by atoms with E-state index in [-0.39, 0.29) is 23.6 Å². The van der Waals surface area contributed by atoms with E-state index in [0.717, 1.165) is 0 Å². The highest BCUT2D eigenvalue weighted by Gasteiger charge is 2.07. The molecule has 0 unspecified atom stereocenters. The summed E-state index contributed by atoms with van der Waals surface area (Å²) >= 11 is 11.4. The van der Waals surface area contributed by atoms with Gasteiger partial charge in [-0.2, -0.15) is 0 Å². The number of carbonyl (C=O) groups is 2. The summed E-state index contributed by atoms with van der Waals surface area (Å²) in [5.74, 6) is -1.54. The van der Waals surface area contributed by atoms with Crippen molar-refractivity contribution in [1.29, 1.82) is 0 Å². The van der Waals surface area contributed by atoms with Gasteiger partial charge in [-0.3, -0.25) is 4.79 Å². The van der Waals surface area contributed by atoms with E-state index in [9.17, 15) is 14.7 Å². The summed E-state index contributed by atoms with van der Waals surface area (Å²) in [5, 5.41) is 10.8. The van der Waals surface area contributed by atoms with Crippen molar-refractivity contribution in [2.75, 3.05) is 0 Å². The average molecular weight is 246 g/mol. The van der Waals surface area contributed by atoms with E-state index < -0.39 is 5.97 Å². The molecule has 0 spiro atoms. The first-order valence-corrected chi connectivity index (χ1v) is 4.94. The van der Waals surface area contributed by atoms with Gasteiger partial charge in [0.1, 0.15) is 0 Å². The predicted octanol–water partition coefficient (Wildman–Crippen LogP) is 1.71. The van der Waals surface area contributed by atoms with Crippen molar-refractivity contribution < 1.29 is 14.7 Å². The zero-order valence-corrected chi connectivity index (χ0v) is 9.14. The van der Waals surface area contributed by atoms with Crippen molar-refractivity contribution in [3.8, 4) is 0 Å². The van der Waals surface area contributed by atoms with Crippen LogP contribution in [0.25, 0.3) is 0 Å². The largest absolute Gasteiger partial charge is 0.550 e. The van der Waals surface area contributed by atoms with Gasteiger partial charge in [0.15, 0.2) is 5.78 Å². The molecule has 3 nitrogen and oxygen atoms in total. The normalized spacial score (nSPS) is 10.0. The number of carboxylic acid groups (broad SMARTS) is 1. The van der Waals surface area contributed by atoms with Crippen LogP contribution in [-0.4, -0.2) is 11.8 Å². The summed E-state index contributed by atoms with van der Waals surface area (Å²) < 4.78 is 0. The molecule has 0 saturated carbocycles. The molecule has 1 aromatic carbocycles. The number of hydrogen-bond donors (Lipinski definition) is 0. The van der Waals surface area contributed by atoms with E-state index in [0.29, 0.717) is 10.6 Å². The van der Waals surface area contributed by atoms with Crippen molar-refractivity contribution >= 4 is 35.0 Å². The molecule has 0 aliphatic carbocycles. The third-order valence-electron chi connectivity index (χ3n) is 1.80. The zero-order chi connectivity index (χ0) is 11.4.